The van der Waals surface area contributed by atoms with Gasteiger partial charge in [0.15, 0.2) is 0 Å². The predicted octanol–water partition coefficient (Wildman–Crippen LogP) is 3.84. The Bertz CT molecular complexity index is 398. The molecular formula is C17H28Cl2N2. The van der Waals surface area contributed by atoms with Gasteiger partial charge in [0.05, 0.1) is 0 Å². The average molecular weight is 331 g/mol. The number of hydrogen-bond donors (Lipinski definition) is 1. The van der Waals surface area contributed by atoms with Crippen LogP contribution in [0.25, 0.3) is 0 Å². The molecule has 1 aromatic rings. The lowest BCUT2D eigenvalue weighted by atomic mass is 9.76. The van der Waals surface area contributed by atoms with Gasteiger partial charge in [0.2, 0.25) is 0 Å². The van der Waals surface area contributed by atoms with Crippen molar-refractivity contribution in [3.63, 3.8) is 0 Å². The summed E-state index contributed by atoms with van der Waals surface area (Å²) < 4.78 is 0. The van der Waals surface area contributed by atoms with Crippen LogP contribution in [0.2, 0.25) is 0 Å². The molecule has 0 amide bonds. The van der Waals surface area contributed by atoms with Crippen molar-refractivity contribution in [1.82, 2.24) is 10.2 Å². The molecule has 1 saturated carbocycles. The highest BCUT2D eigenvalue weighted by molar-refractivity contribution is 5.85. The van der Waals surface area contributed by atoms with E-state index in [0.717, 1.165) is 25.4 Å². The number of halogens is 2. The van der Waals surface area contributed by atoms with Crippen molar-refractivity contribution in [3.05, 3.63) is 35.4 Å². The van der Waals surface area contributed by atoms with Gasteiger partial charge in [-0.25, -0.2) is 0 Å². The monoisotopic (exact) mass is 330 g/mol. The lowest BCUT2D eigenvalue weighted by Crippen LogP contribution is -2.47. The Morgan fingerprint density at radius 1 is 1.10 bits per heavy atom. The summed E-state index contributed by atoms with van der Waals surface area (Å²) >= 11 is 0. The minimum absolute atomic E-state index is 0. The van der Waals surface area contributed by atoms with Crippen LogP contribution in [0.3, 0.4) is 0 Å². The average Bonchev–Trinajstić information content (AvgIpc) is 2.44. The molecule has 120 valence electrons. The second-order valence-electron chi connectivity index (χ2n) is 6.02. The van der Waals surface area contributed by atoms with E-state index in [0.29, 0.717) is 6.04 Å². The standard InChI is InChI=1S/C17H26N2.2ClH/c1-2-14-6-8-16(9-7-14)17(15-4-3-5-15)19-12-10-18-11-13-19;;/h6-9,15,17-18H,2-5,10-13H2,1H3;2*1H/t17-;;/m0../s1. The van der Waals surface area contributed by atoms with Crippen LogP contribution in [0.5, 0.6) is 0 Å². The van der Waals surface area contributed by atoms with Crippen LogP contribution in [0.15, 0.2) is 24.3 Å². The van der Waals surface area contributed by atoms with E-state index in [2.05, 4.69) is 41.4 Å². The predicted molar refractivity (Wildman–Crippen MR) is 94.8 cm³/mol. The molecular weight excluding hydrogens is 303 g/mol. The molecule has 0 spiro atoms. The van der Waals surface area contributed by atoms with Crippen molar-refractivity contribution in [2.45, 2.75) is 38.6 Å². The van der Waals surface area contributed by atoms with Crippen LogP contribution in [-0.2, 0) is 6.42 Å². The van der Waals surface area contributed by atoms with Gasteiger partial charge in [0.1, 0.15) is 0 Å². The molecule has 1 saturated heterocycles. The van der Waals surface area contributed by atoms with Crippen LogP contribution in [0.4, 0.5) is 0 Å². The zero-order chi connectivity index (χ0) is 13.1. The molecule has 0 unspecified atom stereocenters. The fraction of sp³-hybridized carbons (Fsp3) is 0.647. The first kappa shape index (κ1) is 18.8. The molecule has 3 rings (SSSR count). The molecule has 1 aliphatic carbocycles. The number of piperazine rings is 1. The zero-order valence-electron chi connectivity index (χ0n) is 12.9. The highest BCUT2D eigenvalue weighted by Gasteiger charge is 2.33. The van der Waals surface area contributed by atoms with Gasteiger partial charge in [-0.1, -0.05) is 37.6 Å². The van der Waals surface area contributed by atoms with Gasteiger partial charge in [-0.3, -0.25) is 4.90 Å². The van der Waals surface area contributed by atoms with Crippen molar-refractivity contribution < 1.29 is 0 Å². The first-order valence-corrected chi connectivity index (χ1v) is 7.92. The zero-order valence-corrected chi connectivity index (χ0v) is 14.5. The molecule has 0 aromatic heterocycles. The molecule has 2 nitrogen and oxygen atoms in total. The van der Waals surface area contributed by atoms with E-state index in [1.165, 1.54) is 37.9 Å². The van der Waals surface area contributed by atoms with Crippen molar-refractivity contribution in [3.8, 4) is 0 Å². The van der Waals surface area contributed by atoms with Gasteiger partial charge in [0, 0.05) is 32.2 Å². The van der Waals surface area contributed by atoms with Crippen LogP contribution in [0.1, 0.15) is 43.4 Å². The smallest absolute Gasteiger partial charge is 0.0377 e. The first-order valence-electron chi connectivity index (χ1n) is 7.92. The Kier molecular flexibility index (Phi) is 8.04. The summed E-state index contributed by atoms with van der Waals surface area (Å²) in [5, 5.41) is 3.47. The minimum Gasteiger partial charge on any atom is -0.314 e. The van der Waals surface area contributed by atoms with E-state index < -0.39 is 0 Å². The summed E-state index contributed by atoms with van der Waals surface area (Å²) in [7, 11) is 0. The summed E-state index contributed by atoms with van der Waals surface area (Å²) in [6, 6.07) is 10.1. The molecule has 0 radical (unpaired) electrons. The van der Waals surface area contributed by atoms with E-state index in [1.54, 1.807) is 5.56 Å². The quantitative estimate of drug-likeness (QED) is 0.902. The summed E-state index contributed by atoms with van der Waals surface area (Å²) in [6.45, 7) is 6.94. The third-order valence-electron chi connectivity index (χ3n) is 4.87. The number of rotatable bonds is 4. The van der Waals surface area contributed by atoms with Gasteiger partial charge < -0.3 is 5.32 Å². The normalized spacial score (nSPS) is 20.8. The third kappa shape index (κ3) is 4.35. The second kappa shape index (κ2) is 8.99. The summed E-state index contributed by atoms with van der Waals surface area (Å²) in [4.78, 5) is 2.71. The molecule has 1 heterocycles. The Labute approximate surface area is 141 Å². The van der Waals surface area contributed by atoms with Gasteiger partial charge in [-0.2, -0.15) is 0 Å². The second-order valence-corrected chi connectivity index (χ2v) is 6.02. The molecule has 2 fully saturated rings. The Hall–Kier alpha value is -0.280. The van der Waals surface area contributed by atoms with E-state index in [1.807, 2.05) is 0 Å². The lowest BCUT2D eigenvalue weighted by molar-refractivity contribution is 0.0837. The maximum absolute atomic E-state index is 3.47. The fourth-order valence-electron chi connectivity index (χ4n) is 3.45. The van der Waals surface area contributed by atoms with Crippen LogP contribution < -0.4 is 5.32 Å². The number of nitrogens with zero attached hydrogens (tertiary/aromatic N) is 1. The molecule has 4 heteroatoms. The number of aryl methyl sites for hydroxylation is 1. The highest BCUT2D eigenvalue weighted by atomic mass is 35.5. The number of benzene rings is 1. The van der Waals surface area contributed by atoms with Crippen molar-refractivity contribution in [2.24, 2.45) is 5.92 Å². The topological polar surface area (TPSA) is 15.3 Å². The van der Waals surface area contributed by atoms with E-state index in [-0.39, 0.29) is 24.8 Å². The van der Waals surface area contributed by atoms with Crippen molar-refractivity contribution in [1.29, 1.82) is 0 Å². The Morgan fingerprint density at radius 3 is 2.19 bits per heavy atom. The molecule has 1 N–H and O–H groups in total. The van der Waals surface area contributed by atoms with E-state index >= 15 is 0 Å². The van der Waals surface area contributed by atoms with Gasteiger partial charge in [-0.15, -0.1) is 24.8 Å². The van der Waals surface area contributed by atoms with Gasteiger partial charge >= 0.3 is 0 Å². The van der Waals surface area contributed by atoms with E-state index in [4.69, 9.17) is 0 Å². The van der Waals surface area contributed by atoms with Crippen molar-refractivity contribution in [2.75, 3.05) is 26.2 Å². The number of hydrogen-bond acceptors (Lipinski definition) is 2. The van der Waals surface area contributed by atoms with Crippen LogP contribution >= 0.6 is 24.8 Å². The van der Waals surface area contributed by atoms with E-state index in [9.17, 15) is 0 Å². The highest BCUT2D eigenvalue weighted by Crippen LogP contribution is 2.41. The summed E-state index contributed by atoms with van der Waals surface area (Å²) in [5.74, 6) is 0.894. The molecule has 1 aliphatic heterocycles. The molecule has 1 aromatic carbocycles. The largest absolute Gasteiger partial charge is 0.314 e. The third-order valence-corrected chi connectivity index (χ3v) is 4.87. The van der Waals surface area contributed by atoms with Gasteiger partial charge in [0.25, 0.3) is 0 Å². The Morgan fingerprint density at radius 2 is 1.71 bits per heavy atom. The fourth-order valence-corrected chi connectivity index (χ4v) is 3.45. The summed E-state index contributed by atoms with van der Waals surface area (Å²) in [6.07, 6.45) is 5.41. The molecule has 2 aliphatic rings. The SMILES string of the molecule is CCc1ccc([C@H](C2CCC2)N2CCNCC2)cc1.Cl.Cl. The lowest BCUT2D eigenvalue weighted by Gasteiger charge is -2.43. The van der Waals surface area contributed by atoms with Crippen LogP contribution in [-0.4, -0.2) is 31.1 Å². The summed E-state index contributed by atoms with van der Waals surface area (Å²) in [5.41, 5.74) is 3.00. The molecule has 21 heavy (non-hydrogen) atoms. The molecule has 0 bridgehead atoms. The maximum atomic E-state index is 3.47. The minimum atomic E-state index is 0. The molecule has 1 atom stereocenters. The van der Waals surface area contributed by atoms with Crippen LogP contribution in [0, 0.1) is 5.92 Å². The maximum Gasteiger partial charge on any atom is 0.0377 e. The number of nitrogens with one attached hydrogen (secondary N) is 1. The van der Waals surface area contributed by atoms with Crippen molar-refractivity contribution >= 4 is 24.8 Å². The first-order chi connectivity index (χ1) is 9.38. The Balaban J connectivity index is 0.00000110. The van der Waals surface area contributed by atoms with Gasteiger partial charge in [-0.05, 0) is 36.3 Å².